The van der Waals surface area contributed by atoms with Crippen molar-refractivity contribution in [1.82, 2.24) is 15.5 Å². The molecule has 9 nitrogen and oxygen atoms in total. The van der Waals surface area contributed by atoms with E-state index < -0.39 is 42.1 Å². The summed E-state index contributed by atoms with van der Waals surface area (Å²) in [5.74, 6) is -1.21. The summed E-state index contributed by atoms with van der Waals surface area (Å²) in [7, 11) is 0. The van der Waals surface area contributed by atoms with Gasteiger partial charge in [0.25, 0.3) is 0 Å². The normalized spacial score (nSPS) is 13.7. The first kappa shape index (κ1) is 28.1. The number of rotatable bonds is 10. The molecule has 0 radical (unpaired) electrons. The van der Waals surface area contributed by atoms with Crippen LogP contribution in [0.3, 0.4) is 0 Å². The lowest BCUT2D eigenvalue weighted by Crippen LogP contribution is -2.54. The highest BCUT2D eigenvalue weighted by molar-refractivity contribution is 7.80. The van der Waals surface area contributed by atoms with Gasteiger partial charge < -0.3 is 25.4 Å². The summed E-state index contributed by atoms with van der Waals surface area (Å²) in [5.41, 5.74) is -0.363. The molecule has 10 heteroatoms. The summed E-state index contributed by atoms with van der Waals surface area (Å²) in [6.45, 7) is 8.51. The third-order valence-corrected chi connectivity index (χ3v) is 4.94. The third kappa shape index (κ3) is 9.22. The molecule has 33 heavy (non-hydrogen) atoms. The number of aromatic hydroxyl groups is 1. The highest BCUT2D eigenvalue weighted by atomic mass is 32.1. The lowest BCUT2D eigenvalue weighted by atomic mass is 10.0. The van der Waals surface area contributed by atoms with Crippen LogP contribution >= 0.6 is 12.6 Å². The molecule has 0 fully saturated rings. The quantitative estimate of drug-likeness (QED) is 0.302. The Morgan fingerprint density at radius 1 is 1.21 bits per heavy atom. The van der Waals surface area contributed by atoms with E-state index in [-0.39, 0.29) is 17.5 Å². The van der Waals surface area contributed by atoms with Crippen molar-refractivity contribution in [3.8, 4) is 11.8 Å². The molecule has 0 aliphatic carbocycles. The summed E-state index contributed by atoms with van der Waals surface area (Å²) >= 11 is 4.17. The maximum atomic E-state index is 13.4. The van der Waals surface area contributed by atoms with Gasteiger partial charge in [-0.2, -0.15) is 17.9 Å². The van der Waals surface area contributed by atoms with Crippen molar-refractivity contribution >= 4 is 30.5 Å². The van der Waals surface area contributed by atoms with E-state index in [1.165, 1.54) is 24.3 Å². The highest BCUT2D eigenvalue weighted by Crippen LogP contribution is 2.25. The second-order valence-corrected chi connectivity index (χ2v) is 9.06. The van der Waals surface area contributed by atoms with Crippen LogP contribution in [0.1, 0.15) is 59.1 Å². The van der Waals surface area contributed by atoms with E-state index in [1.807, 2.05) is 19.9 Å². The van der Waals surface area contributed by atoms with E-state index in [4.69, 9.17) is 4.74 Å². The highest BCUT2D eigenvalue weighted by Gasteiger charge is 2.36. The van der Waals surface area contributed by atoms with Crippen LogP contribution < -0.4 is 10.6 Å². The standard InChI is InChI=1S/C23H34N4O5S/c1-6-7-15(2)25-20(29)19(16-8-10-17(28)11-9-16)27(13-12-24)21(30)18(14-33)26-22(31)32-23(3,4)5/h8-11,15,18-19,28,33H,6-7,13-14H2,1-5H3,(H,25,29)(H,26,31). The fraction of sp³-hybridized carbons (Fsp3) is 0.565. The van der Waals surface area contributed by atoms with E-state index in [2.05, 4.69) is 23.3 Å². The van der Waals surface area contributed by atoms with E-state index in [0.29, 0.717) is 5.56 Å². The lowest BCUT2D eigenvalue weighted by Gasteiger charge is -2.33. The number of hydrogen-bond acceptors (Lipinski definition) is 7. The van der Waals surface area contributed by atoms with Gasteiger partial charge in [-0.3, -0.25) is 9.59 Å². The molecule has 1 aromatic rings. The number of carbonyl (C=O) groups is 3. The maximum absolute atomic E-state index is 13.4. The number of nitrogens with one attached hydrogen (secondary N) is 2. The molecular weight excluding hydrogens is 444 g/mol. The molecule has 182 valence electrons. The molecule has 0 bridgehead atoms. The molecular formula is C23H34N4O5S. The smallest absolute Gasteiger partial charge is 0.408 e. The number of thiol groups is 1. The van der Waals surface area contributed by atoms with Crippen LogP contribution in [-0.2, 0) is 14.3 Å². The van der Waals surface area contributed by atoms with Gasteiger partial charge in [-0.05, 0) is 51.8 Å². The summed E-state index contributed by atoms with van der Waals surface area (Å²) in [6.07, 6.45) is 0.780. The minimum absolute atomic E-state index is 0.00440. The topological polar surface area (TPSA) is 132 Å². The number of phenols is 1. The fourth-order valence-electron chi connectivity index (χ4n) is 3.16. The molecule has 3 N–H and O–H groups in total. The Bertz CT molecular complexity index is 848. The van der Waals surface area contributed by atoms with E-state index in [9.17, 15) is 24.8 Å². The van der Waals surface area contributed by atoms with Gasteiger partial charge in [0.05, 0.1) is 6.07 Å². The molecule has 0 aliphatic heterocycles. The van der Waals surface area contributed by atoms with Gasteiger partial charge in [0.2, 0.25) is 11.8 Å². The minimum Gasteiger partial charge on any atom is -0.508 e. The van der Waals surface area contributed by atoms with Gasteiger partial charge in [-0.1, -0.05) is 25.5 Å². The minimum atomic E-state index is -1.15. The number of ether oxygens (including phenoxy) is 1. The lowest BCUT2D eigenvalue weighted by molar-refractivity contribution is -0.141. The Morgan fingerprint density at radius 2 is 1.82 bits per heavy atom. The summed E-state index contributed by atoms with van der Waals surface area (Å²) in [4.78, 5) is 40.0. The van der Waals surface area contributed by atoms with Gasteiger partial charge in [0.1, 0.15) is 30.0 Å². The van der Waals surface area contributed by atoms with Crippen LogP contribution in [0.15, 0.2) is 24.3 Å². The van der Waals surface area contributed by atoms with E-state index in [0.717, 1.165) is 17.7 Å². The van der Waals surface area contributed by atoms with Crippen molar-refractivity contribution in [1.29, 1.82) is 5.26 Å². The number of phenolic OH excluding ortho intramolecular Hbond substituents is 1. The molecule has 3 atom stereocenters. The Hall–Kier alpha value is -2.93. The van der Waals surface area contributed by atoms with Crippen LogP contribution in [0.25, 0.3) is 0 Å². The molecule has 3 amide bonds. The maximum Gasteiger partial charge on any atom is 0.408 e. The zero-order chi connectivity index (χ0) is 25.2. The fourth-order valence-corrected chi connectivity index (χ4v) is 3.41. The third-order valence-electron chi connectivity index (χ3n) is 4.57. The molecule has 0 spiro atoms. The average molecular weight is 479 g/mol. The van der Waals surface area contributed by atoms with Gasteiger partial charge in [-0.25, -0.2) is 4.79 Å². The van der Waals surface area contributed by atoms with E-state index in [1.54, 1.807) is 20.8 Å². The Kier molecular flexibility index (Phi) is 11.0. The van der Waals surface area contributed by atoms with E-state index >= 15 is 0 Å². The van der Waals surface area contributed by atoms with Crippen LogP contribution in [0, 0.1) is 11.3 Å². The van der Waals surface area contributed by atoms with Crippen LogP contribution in [0.5, 0.6) is 5.75 Å². The first-order valence-corrected chi connectivity index (χ1v) is 11.4. The first-order valence-electron chi connectivity index (χ1n) is 10.8. The second-order valence-electron chi connectivity index (χ2n) is 8.70. The SMILES string of the molecule is CCCC(C)NC(=O)C(c1ccc(O)cc1)N(CC#N)C(=O)C(CS)NC(=O)OC(C)(C)C. The number of nitriles is 1. The van der Waals surface area contributed by atoms with Crippen LogP contribution in [0.2, 0.25) is 0 Å². The van der Waals surface area contributed by atoms with Gasteiger partial charge in [0.15, 0.2) is 0 Å². The summed E-state index contributed by atoms with van der Waals surface area (Å²) in [5, 5.41) is 24.4. The van der Waals surface area contributed by atoms with Crippen LogP contribution in [0.4, 0.5) is 4.79 Å². The number of amides is 3. The summed E-state index contributed by atoms with van der Waals surface area (Å²) in [6, 6.07) is 5.31. The number of carbonyl (C=O) groups excluding carboxylic acids is 3. The van der Waals surface area contributed by atoms with Gasteiger partial charge in [-0.15, -0.1) is 0 Å². The van der Waals surface area contributed by atoms with Crippen molar-refractivity contribution in [3.05, 3.63) is 29.8 Å². The zero-order valence-electron chi connectivity index (χ0n) is 19.8. The number of nitrogens with zero attached hydrogens (tertiary/aromatic N) is 2. The molecule has 0 aromatic heterocycles. The molecule has 0 saturated carbocycles. The molecule has 0 saturated heterocycles. The summed E-state index contributed by atoms with van der Waals surface area (Å²) < 4.78 is 5.22. The van der Waals surface area contributed by atoms with Crippen molar-refractivity contribution in [3.63, 3.8) is 0 Å². The molecule has 1 aromatic carbocycles. The number of hydrogen-bond donors (Lipinski definition) is 4. The van der Waals surface area contributed by atoms with Gasteiger partial charge >= 0.3 is 6.09 Å². The Balaban J connectivity index is 3.31. The van der Waals surface area contributed by atoms with Crippen LogP contribution in [-0.4, -0.2) is 57.9 Å². The van der Waals surface area contributed by atoms with Gasteiger partial charge in [0, 0.05) is 11.8 Å². The largest absolute Gasteiger partial charge is 0.508 e. The molecule has 1 rings (SSSR count). The molecule has 0 aliphatic rings. The first-order chi connectivity index (χ1) is 15.4. The zero-order valence-corrected chi connectivity index (χ0v) is 20.7. The predicted octanol–water partition coefficient (Wildman–Crippen LogP) is 2.91. The van der Waals surface area contributed by atoms with Crippen molar-refractivity contribution < 1.29 is 24.2 Å². The predicted molar refractivity (Wildman–Crippen MR) is 128 cm³/mol. The molecule has 0 heterocycles. The Labute approximate surface area is 200 Å². The van der Waals surface area contributed by atoms with Crippen molar-refractivity contribution in [2.24, 2.45) is 0 Å². The monoisotopic (exact) mass is 478 g/mol. The van der Waals surface area contributed by atoms with Crippen molar-refractivity contribution in [2.75, 3.05) is 12.3 Å². The second kappa shape index (κ2) is 12.9. The average Bonchev–Trinajstić information content (AvgIpc) is 2.71. The van der Waals surface area contributed by atoms with Crippen molar-refractivity contribution in [2.45, 2.75) is 71.2 Å². The number of benzene rings is 1. The Morgan fingerprint density at radius 3 is 2.30 bits per heavy atom. The molecule has 3 unspecified atom stereocenters. The number of alkyl carbamates (subject to hydrolysis) is 1.